The van der Waals surface area contributed by atoms with E-state index >= 15 is 0 Å². The van der Waals surface area contributed by atoms with Crippen molar-refractivity contribution in [2.75, 3.05) is 9.80 Å². The molecule has 4 aliphatic heterocycles. The second kappa shape index (κ2) is 11.9. The standard InChI is InChI=1S/C54H50B2N2/c1-52(2,3)33-29-31-35(32-30-33)58-43-28-18-24-39-37-22-14-16-26-41(37)56(47(39)43)49-44(53(4,5)6)50-48(45(51(49)58)54(7,8)9)55-40-25-15-13-21-36(40)38-23-17-27-42(46(38)55)57(50)34-19-11-10-12-20-34/h10-32H,1-9H3. The van der Waals surface area contributed by atoms with E-state index in [1.54, 1.807) is 0 Å². The highest BCUT2D eigenvalue weighted by atomic mass is 15.2. The highest BCUT2D eigenvalue weighted by Gasteiger charge is 2.53. The van der Waals surface area contributed by atoms with E-state index in [9.17, 15) is 0 Å². The van der Waals surface area contributed by atoms with Gasteiger partial charge in [0, 0.05) is 34.1 Å². The molecule has 0 amide bonds. The summed E-state index contributed by atoms with van der Waals surface area (Å²) >= 11 is 0. The van der Waals surface area contributed by atoms with Crippen molar-refractivity contribution in [3.05, 3.63) is 156 Å². The van der Waals surface area contributed by atoms with Gasteiger partial charge in [0.25, 0.3) is 0 Å². The highest BCUT2D eigenvalue weighted by Crippen LogP contribution is 2.52. The van der Waals surface area contributed by atoms with Gasteiger partial charge in [0.15, 0.2) is 0 Å². The zero-order chi connectivity index (χ0) is 40.0. The van der Waals surface area contributed by atoms with Gasteiger partial charge in [0.05, 0.1) is 0 Å². The van der Waals surface area contributed by atoms with Crippen LogP contribution in [0.4, 0.5) is 34.1 Å². The van der Waals surface area contributed by atoms with E-state index in [4.69, 9.17) is 0 Å². The molecule has 4 aliphatic rings. The Balaban J connectivity index is 1.38. The lowest BCUT2D eigenvalue weighted by molar-refractivity contribution is 0.584. The molecule has 0 aromatic heterocycles. The second-order valence-corrected chi connectivity index (χ2v) is 20.1. The quantitative estimate of drug-likeness (QED) is 0.163. The predicted octanol–water partition coefficient (Wildman–Crippen LogP) is 10.1. The molecule has 282 valence electrons. The highest BCUT2D eigenvalue weighted by molar-refractivity contribution is 7.04. The van der Waals surface area contributed by atoms with Crippen LogP contribution in [0.3, 0.4) is 0 Å². The molecule has 0 spiro atoms. The van der Waals surface area contributed by atoms with Gasteiger partial charge in [0.2, 0.25) is 13.4 Å². The first-order chi connectivity index (χ1) is 27.7. The normalized spacial score (nSPS) is 14.5. The molecule has 0 fully saturated rings. The summed E-state index contributed by atoms with van der Waals surface area (Å²) in [6.45, 7) is 21.9. The second-order valence-electron chi connectivity index (χ2n) is 20.1. The minimum Gasteiger partial charge on any atom is -0.311 e. The van der Waals surface area contributed by atoms with E-state index in [2.05, 4.69) is 212 Å². The number of rotatable bonds is 2. The molecular weight excluding hydrogens is 698 g/mol. The largest absolute Gasteiger partial charge is 0.311 e. The average Bonchev–Trinajstić information content (AvgIpc) is 3.72. The first-order valence-corrected chi connectivity index (χ1v) is 21.2. The summed E-state index contributed by atoms with van der Waals surface area (Å²) < 4.78 is 0. The van der Waals surface area contributed by atoms with Gasteiger partial charge in [-0.3, -0.25) is 0 Å². The fraction of sp³-hybridized carbons (Fsp3) is 0.222. The van der Waals surface area contributed by atoms with Gasteiger partial charge >= 0.3 is 0 Å². The number of hydrogen-bond acceptors (Lipinski definition) is 2. The minimum atomic E-state index is -0.228. The van der Waals surface area contributed by atoms with Gasteiger partial charge in [-0.15, -0.1) is 0 Å². The Bertz CT molecular complexity index is 2850. The van der Waals surface area contributed by atoms with Crippen molar-refractivity contribution in [3.8, 4) is 22.3 Å². The van der Waals surface area contributed by atoms with Gasteiger partial charge in [-0.05, 0) is 113 Å². The summed E-state index contributed by atoms with van der Waals surface area (Å²) in [4.78, 5) is 5.35. The molecule has 0 saturated carbocycles. The van der Waals surface area contributed by atoms with Crippen LogP contribution in [0.15, 0.2) is 140 Å². The zero-order valence-electron chi connectivity index (χ0n) is 35.3. The molecule has 0 radical (unpaired) electrons. The van der Waals surface area contributed by atoms with E-state index in [1.807, 2.05) is 0 Å². The molecule has 11 rings (SSSR count). The van der Waals surface area contributed by atoms with Gasteiger partial charge in [0.1, 0.15) is 0 Å². The van der Waals surface area contributed by atoms with Gasteiger partial charge in [-0.1, -0.05) is 176 Å². The van der Waals surface area contributed by atoms with Crippen LogP contribution in [0.25, 0.3) is 22.3 Å². The number of para-hydroxylation sites is 1. The Morgan fingerprint density at radius 2 is 0.741 bits per heavy atom. The maximum absolute atomic E-state index is 2.69. The van der Waals surface area contributed by atoms with Crippen LogP contribution in [0.1, 0.15) is 79.0 Å². The third-order valence-corrected chi connectivity index (χ3v) is 13.4. The number of hydrogen-bond donors (Lipinski definition) is 0. The molecule has 4 heteroatoms. The molecule has 0 saturated heterocycles. The van der Waals surface area contributed by atoms with Crippen LogP contribution in [-0.2, 0) is 16.2 Å². The van der Waals surface area contributed by atoms with Crippen molar-refractivity contribution in [1.29, 1.82) is 0 Å². The number of benzene rings is 7. The lowest BCUT2D eigenvalue weighted by atomic mass is 9.31. The Kier molecular flexibility index (Phi) is 7.28. The molecule has 0 bridgehead atoms. The van der Waals surface area contributed by atoms with Crippen LogP contribution < -0.4 is 42.6 Å². The van der Waals surface area contributed by atoms with E-state index in [0.717, 1.165) is 0 Å². The first kappa shape index (κ1) is 35.4. The monoisotopic (exact) mass is 748 g/mol. The lowest BCUT2D eigenvalue weighted by Crippen LogP contribution is -2.63. The zero-order valence-corrected chi connectivity index (χ0v) is 35.3. The van der Waals surface area contributed by atoms with Crippen molar-refractivity contribution < 1.29 is 0 Å². The molecule has 0 N–H and O–H groups in total. The predicted molar refractivity (Wildman–Crippen MR) is 252 cm³/mol. The van der Waals surface area contributed by atoms with E-state index in [0.29, 0.717) is 0 Å². The Labute approximate surface area is 345 Å². The van der Waals surface area contributed by atoms with Crippen LogP contribution in [0, 0.1) is 0 Å². The van der Waals surface area contributed by atoms with Gasteiger partial charge in [-0.2, -0.15) is 0 Å². The minimum absolute atomic E-state index is 0.0516. The van der Waals surface area contributed by atoms with Crippen molar-refractivity contribution in [2.45, 2.75) is 78.6 Å². The fourth-order valence-corrected chi connectivity index (χ4v) is 11.2. The van der Waals surface area contributed by atoms with Gasteiger partial charge < -0.3 is 9.80 Å². The molecule has 0 unspecified atom stereocenters. The first-order valence-electron chi connectivity index (χ1n) is 21.2. The van der Waals surface area contributed by atoms with Crippen LogP contribution >= 0.6 is 0 Å². The summed E-state index contributed by atoms with van der Waals surface area (Å²) in [5.41, 5.74) is 25.6. The van der Waals surface area contributed by atoms with Crippen molar-refractivity contribution >= 4 is 80.3 Å². The summed E-state index contributed by atoms with van der Waals surface area (Å²) in [6, 6.07) is 53.3. The van der Waals surface area contributed by atoms with Crippen LogP contribution in [0.5, 0.6) is 0 Å². The number of fused-ring (bicyclic) bond motifs is 10. The van der Waals surface area contributed by atoms with Crippen LogP contribution in [-0.4, -0.2) is 13.4 Å². The maximum Gasteiger partial charge on any atom is 0.248 e. The number of nitrogens with zero attached hydrogens (tertiary/aromatic N) is 2. The third kappa shape index (κ3) is 4.75. The fourth-order valence-electron chi connectivity index (χ4n) is 11.2. The topological polar surface area (TPSA) is 6.48 Å². The molecule has 7 aromatic rings. The number of anilines is 6. The Morgan fingerprint density at radius 1 is 0.345 bits per heavy atom. The molecular formula is C54H50B2N2. The van der Waals surface area contributed by atoms with E-state index < -0.39 is 0 Å². The van der Waals surface area contributed by atoms with Crippen molar-refractivity contribution in [2.24, 2.45) is 0 Å². The summed E-state index contributed by atoms with van der Waals surface area (Å²) in [5, 5.41) is 0. The maximum atomic E-state index is 2.69. The molecule has 58 heavy (non-hydrogen) atoms. The molecule has 4 heterocycles. The molecule has 7 aromatic carbocycles. The lowest BCUT2D eigenvalue weighted by Gasteiger charge is -2.49. The average molecular weight is 749 g/mol. The summed E-state index contributed by atoms with van der Waals surface area (Å²) in [6.07, 6.45) is 0. The summed E-state index contributed by atoms with van der Waals surface area (Å²) in [7, 11) is 0. The van der Waals surface area contributed by atoms with E-state index in [-0.39, 0.29) is 29.7 Å². The van der Waals surface area contributed by atoms with Crippen LogP contribution in [0.2, 0.25) is 0 Å². The van der Waals surface area contributed by atoms with E-state index in [1.165, 1.54) is 106 Å². The van der Waals surface area contributed by atoms with Gasteiger partial charge in [-0.25, -0.2) is 0 Å². The SMILES string of the molecule is CC(C)(C)c1ccc(N2c3cccc4c3B(c3ccccc3-4)c3c2c(C(C)(C)C)c2c(c3C(C)(C)C)N(c3ccccc3)c3cccc4c3B2c2ccccc2-4)cc1. The van der Waals surface area contributed by atoms with Crippen molar-refractivity contribution in [1.82, 2.24) is 0 Å². The Hall–Kier alpha value is -5.73. The summed E-state index contributed by atoms with van der Waals surface area (Å²) in [5.74, 6) is 0. The smallest absolute Gasteiger partial charge is 0.248 e. The van der Waals surface area contributed by atoms with Crippen molar-refractivity contribution in [3.63, 3.8) is 0 Å². The molecule has 0 aliphatic carbocycles. The molecule has 0 atom stereocenters. The third-order valence-electron chi connectivity index (χ3n) is 13.4. The Morgan fingerprint density at radius 3 is 1.17 bits per heavy atom. The molecule has 2 nitrogen and oxygen atoms in total.